The summed E-state index contributed by atoms with van der Waals surface area (Å²) >= 11 is 0. The third-order valence-electron chi connectivity index (χ3n) is 4.13. The van der Waals surface area contributed by atoms with Crippen LogP contribution in [0.1, 0.15) is 33.0 Å². The average Bonchev–Trinajstić information content (AvgIpc) is 2.78. The number of hydrogen-bond donors (Lipinski definition) is 1. The quantitative estimate of drug-likeness (QED) is 0.938. The van der Waals surface area contributed by atoms with Crippen molar-refractivity contribution in [2.75, 3.05) is 20.1 Å². The summed E-state index contributed by atoms with van der Waals surface area (Å²) in [7, 11) is 1.81. The summed E-state index contributed by atoms with van der Waals surface area (Å²) in [6.07, 6.45) is 2.02. The number of fused-ring (bicyclic) bond motifs is 1. The molecule has 0 bridgehead atoms. The van der Waals surface area contributed by atoms with Crippen molar-refractivity contribution < 1.29 is 9.21 Å². The van der Waals surface area contributed by atoms with Gasteiger partial charge in [-0.15, -0.1) is 12.4 Å². The average molecular weight is 335 g/mol. The fourth-order valence-electron chi connectivity index (χ4n) is 2.90. The maximum atomic E-state index is 12.6. The summed E-state index contributed by atoms with van der Waals surface area (Å²) in [4.78, 5) is 14.3. The molecule has 1 aromatic heterocycles. The summed E-state index contributed by atoms with van der Waals surface area (Å²) < 4.78 is 5.55. The molecule has 23 heavy (non-hydrogen) atoms. The van der Waals surface area contributed by atoms with E-state index in [0.717, 1.165) is 43.0 Å². The molecule has 1 aliphatic heterocycles. The second-order valence-electron chi connectivity index (χ2n) is 5.91. The molecule has 0 radical (unpaired) electrons. The van der Waals surface area contributed by atoms with Crippen molar-refractivity contribution in [1.29, 1.82) is 0 Å². The second-order valence-corrected chi connectivity index (χ2v) is 5.91. The van der Waals surface area contributed by atoms with Gasteiger partial charge in [0, 0.05) is 12.6 Å². The molecular weight excluding hydrogens is 312 g/mol. The number of rotatable bonds is 3. The van der Waals surface area contributed by atoms with Crippen LogP contribution in [-0.2, 0) is 19.4 Å². The fourth-order valence-corrected chi connectivity index (χ4v) is 2.90. The van der Waals surface area contributed by atoms with Crippen LogP contribution in [0.15, 0.2) is 34.7 Å². The highest BCUT2D eigenvalue weighted by Crippen LogP contribution is 2.17. The van der Waals surface area contributed by atoms with Crippen LogP contribution < -0.4 is 5.32 Å². The largest absolute Gasteiger partial charge is 0.464 e. The predicted molar refractivity (Wildman–Crippen MR) is 93.2 cm³/mol. The van der Waals surface area contributed by atoms with Gasteiger partial charge in [0.25, 0.3) is 5.91 Å². The van der Waals surface area contributed by atoms with Crippen LogP contribution in [0.5, 0.6) is 0 Å². The van der Waals surface area contributed by atoms with E-state index in [2.05, 4.69) is 17.4 Å². The van der Waals surface area contributed by atoms with Gasteiger partial charge >= 0.3 is 0 Å². The molecule has 1 N–H and O–H groups in total. The van der Waals surface area contributed by atoms with E-state index < -0.39 is 0 Å². The Labute approximate surface area is 143 Å². The molecule has 1 aromatic carbocycles. The van der Waals surface area contributed by atoms with E-state index in [4.69, 9.17) is 4.42 Å². The molecule has 4 nitrogen and oxygen atoms in total. The molecule has 0 fully saturated rings. The minimum absolute atomic E-state index is 0. The first-order chi connectivity index (χ1) is 10.6. The van der Waals surface area contributed by atoms with Gasteiger partial charge in [-0.3, -0.25) is 4.79 Å². The second kappa shape index (κ2) is 7.66. The monoisotopic (exact) mass is 334 g/mol. The van der Waals surface area contributed by atoms with E-state index in [1.807, 2.05) is 32.2 Å². The van der Waals surface area contributed by atoms with Crippen molar-refractivity contribution in [3.63, 3.8) is 0 Å². The molecule has 0 saturated heterocycles. The number of nitrogens with zero attached hydrogens (tertiary/aromatic N) is 1. The summed E-state index contributed by atoms with van der Waals surface area (Å²) in [5.74, 6) is 1.72. The fraction of sp³-hybridized carbons (Fsp3) is 0.389. The number of carbonyl (C=O) groups excluding carboxylic acids is 1. The minimum atomic E-state index is 0. The standard InChI is InChI=1S/C18H22N2O2.ClH/c1-13-3-6-17(22-13)12-20(2)18(21)16-5-4-14-7-9-19-10-8-15(14)11-16;/h3-6,11,19H,7-10,12H2,1-2H3;1H. The van der Waals surface area contributed by atoms with Crippen molar-refractivity contribution >= 4 is 18.3 Å². The van der Waals surface area contributed by atoms with Gasteiger partial charge in [0.05, 0.1) is 6.54 Å². The first-order valence-corrected chi connectivity index (χ1v) is 7.77. The van der Waals surface area contributed by atoms with Crippen molar-refractivity contribution in [3.8, 4) is 0 Å². The number of benzene rings is 1. The van der Waals surface area contributed by atoms with Gasteiger partial charge in [-0.1, -0.05) is 6.07 Å². The molecule has 0 atom stereocenters. The SMILES string of the molecule is Cc1ccc(CN(C)C(=O)c2ccc3c(c2)CCNCC3)o1.Cl. The topological polar surface area (TPSA) is 45.5 Å². The highest BCUT2D eigenvalue weighted by Gasteiger charge is 2.16. The Balaban J connectivity index is 0.00000192. The highest BCUT2D eigenvalue weighted by molar-refractivity contribution is 5.94. The Hall–Kier alpha value is -1.78. The summed E-state index contributed by atoms with van der Waals surface area (Å²) in [5.41, 5.74) is 3.40. The number of halogens is 1. The molecule has 0 spiro atoms. The van der Waals surface area contributed by atoms with Crippen molar-refractivity contribution in [1.82, 2.24) is 10.2 Å². The maximum Gasteiger partial charge on any atom is 0.254 e. The third-order valence-corrected chi connectivity index (χ3v) is 4.13. The molecule has 5 heteroatoms. The van der Waals surface area contributed by atoms with Crippen molar-refractivity contribution in [3.05, 3.63) is 58.5 Å². The Kier molecular flexibility index (Phi) is 5.85. The van der Waals surface area contributed by atoms with Crippen LogP contribution in [0.25, 0.3) is 0 Å². The Bertz CT molecular complexity index is 681. The van der Waals surface area contributed by atoms with Gasteiger partial charge in [0.15, 0.2) is 0 Å². The number of hydrogen-bond acceptors (Lipinski definition) is 3. The van der Waals surface area contributed by atoms with Crippen LogP contribution in [0.2, 0.25) is 0 Å². The zero-order valence-electron chi connectivity index (χ0n) is 13.6. The lowest BCUT2D eigenvalue weighted by Crippen LogP contribution is -2.26. The van der Waals surface area contributed by atoms with Crippen LogP contribution in [0.4, 0.5) is 0 Å². The van der Waals surface area contributed by atoms with E-state index in [1.54, 1.807) is 4.90 Å². The lowest BCUT2D eigenvalue weighted by atomic mass is 9.99. The van der Waals surface area contributed by atoms with Crippen LogP contribution in [0.3, 0.4) is 0 Å². The molecular formula is C18H23ClN2O2. The Morgan fingerprint density at radius 3 is 2.61 bits per heavy atom. The van der Waals surface area contributed by atoms with Gasteiger partial charge in [-0.05, 0) is 68.2 Å². The van der Waals surface area contributed by atoms with Crippen LogP contribution in [-0.4, -0.2) is 30.9 Å². The Morgan fingerprint density at radius 1 is 1.17 bits per heavy atom. The van der Waals surface area contributed by atoms with E-state index in [0.29, 0.717) is 6.54 Å². The van der Waals surface area contributed by atoms with Crippen LogP contribution >= 0.6 is 12.4 Å². The molecule has 124 valence electrons. The lowest BCUT2D eigenvalue weighted by molar-refractivity contribution is 0.0775. The van der Waals surface area contributed by atoms with E-state index in [9.17, 15) is 4.79 Å². The number of amides is 1. The molecule has 2 heterocycles. The highest BCUT2D eigenvalue weighted by atomic mass is 35.5. The molecule has 0 unspecified atom stereocenters. The van der Waals surface area contributed by atoms with Crippen molar-refractivity contribution in [2.45, 2.75) is 26.3 Å². The van der Waals surface area contributed by atoms with Crippen molar-refractivity contribution in [2.24, 2.45) is 0 Å². The number of aryl methyl sites for hydroxylation is 1. The summed E-state index contributed by atoms with van der Waals surface area (Å²) in [6.45, 7) is 4.39. The zero-order chi connectivity index (χ0) is 15.5. The molecule has 3 rings (SSSR count). The van der Waals surface area contributed by atoms with E-state index in [-0.39, 0.29) is 18.3 Å². The number of furan rings is 1. The van der Waals surface area contributed by atoms with Gasteiger partial charge < -0.3 is 14.6 Å². The zero-order valence-corrected chi connectivity index (χ0v) is 14.4. The van der Waals surface area contributed by atoms with Gasteiger partial charge in [0.2, 0.25) is 0 Å². The number of carbonyl (C=O) groups is 1. The summed E-state index contributed by atoms with van der Waals surface area (Å²) in [5, 5.41) is 3.39. The number of nitrogens with one attached hydrogen (secondary N) is 1. The smallest absolute Gasteiger partial charge is 0.254 e. The van der Waals surface area contributed by atoms with Gasteiger partial charge in [-0.25, -0.2) is 0 Å². The maximum absolute atomic E-state index is 12.6. The van der Waals surface area contributed by atoms with E-state index >= 15 is 0 Å². The summed E-state index contributed by atoms with van der Waals surface area (Å²) in [6, 6.07) is 9.93. The Morgan fingerprint density at radius 2 is 1.91 bits per heavy atom. The third kappa shape index (κ3) is 4.15. The lowest BCUT2D eigenvalue weighted by Gasteiger charge is -2.17. The van der Waals surface area contributed by atoms with Gasteiger partial charge in [0.1, 0.15) is 11.5 Å². The molecule has 0 saturated carbocycles. The molecule has 1 aliphatic rings. The first-order valence-electron chi connectivity index (χ1n) is 7.77. The molecule has 0 aliphatic carbocycles. The predicted octanol–water partition coefficient (Wildman–Crippen LogP) is 2.97. The molecule has 2 aromatic rings. The minimum Gasteiger partial charge on any atom is -0.464 e. The first kappa shape index (κ1) is 17.6. The van der Waals surface area contributed by atoms with Crippen LogP contribution in [0, 0.1) is 6.92 Å². The normalized spacial score (nSPS) is 13.7. The molecule has 1 amide bonds. The van der Waals surface area contributed by atoms with Gasteiger partial charge in [-0.2, -0.15) is 0 Å². The van der Waals surface area contributed by atoms with E-state index in [1.165, 1.54) is 11.1 Å².